The molecule has 122 valence electrons. The Morgan fingerprint density at radius 3 is 2.88 bits per heavy atom. The van der Waals surface area contributed by atoms with Gasteiger partial charge in [-0.3, -0.25) is 14.8 Å². The summed E-state index contributed by atoms with van der Waals surface area (Å²) in [6.45, 7) is 0.368. The molecule has 1 N–H and O–H groups in total. The number of thiophene rings is 1. The fourth-order valence-corrected chi connectivity index (χ4v) is 3.21. The summed E-state index contributed by atoms with van der Waals surface area (Å²) in [4.78, 5) is 20.8. The average molecular weight is 358 g/mol. The Balaban J connectivity index is 1.57. The second kappa shape index (κ2) is 8.04. The second-order valence-corrected chi connectivity index (χ2v) is 6.49. The van der Waals surface area contributed by atoms with Crippen molar-refractivity contribution in [3.05, 3.63) is 69.8 Å². The Hall–Kier alpha value is -2.24. The molecule has 4 nitrogen and oxygen atoms in total. The summed E-state index contributed by atoms with van der Waals surface area (Å²) in [7, 11) is 0. The number of halogens is 1. The van der Waals surface area contributed by atoms with E-state index in [1.165, 1.54) is 0 Å². The molecule has 3 aromatic rings. The molecule has 2 aromatic heterocycles. The standard InChI is InChI=1S/C18H16ClN3OS/c19-15-3-1-2-13(10-15)4-5-17(23)22-11-16-18(21-8-7-20-16)14-6-9-24-12-14/h1-3,6-10,12H,4-5,11H2,(H,22,23). The summed E-state index contributed by atoms with van der Waals surface area (Å²) in [6, 6.07) is 9.56. The normalized spacial score (nSPS) is 10.5. The quantitative estimate of drug-likeness (QED) is 0.722. The van der Waals surface area contributed by atoms with Crippen molar-refractivity contribution >= 4 is 28.8 Å². The molecule has 2 heterocycles. The molecule has 0 saturated carbocycles. The van der Waals surface area contributed by atoms with Gasteiger partial charge in [0, 0.05) is 34.8 Å². The molecule has 6 heteroatoms. The Morgan fingerprint density at radius 2 is 2.08 bits per heavy atom. The summed E-state index contributed by atoms with van der Waals surface area (Å²) in [6.07, 6.45) is 4.37. The lowest BCUT2D eigenvalue weighted by atomic mass is 10.1. The van der Waals surface area contributed by atoms with Crippen molar-refractivity contribution in [2.24, 2.45) is 0 Å². The van der Waals surface area contributed by atoms with Crippen LogP contribution in [0.1, 0.15) is 17.7 Å². The fourth-order valence-electron chi connectivity index (χ4n) is 2.36. The van der Waals surface area contributed by atoms with E-state index >= 15 is 0 Å². The third-order valence-electron chi connectivity index (χ3n) is 3.55. The maximum atomic E-state index is 12.1. The van der Waals surface area contributed by atoms with Crippen LogP contribution in [0.5, 0.6) is 0 Å². The van der Waals surface area contributed by atoms with Gasteiger partial charge in [0.1, 0.15) is 0 Å². The zero-order valence-corrected chi connectivity index (χ0v) is 14.5. The van der Waals surface area contributed by atoms with Gasteiger partial charge in [0.05, 0.1) is 17.9 Å². The number of rotatable bonds is 6. The number of carbonyl (C=O) groups excluding carboxylic acids is 1. The number of amides is 1. The van der Waals surface area contributed by atoms with Gasteiger partial charge >= 0.3 is 0 Å². The molecule has 0 aliphatic rings. The third kappa shape index (κ3) is 4.40. The second-order valence-electron chi connectivity index (χ2n) is 5.27. The van der Waals surface area contributed by atoms with Gasteiger partial charge in [0.15, 0.2) is 0 Å². The van der Waals surface area contributed by atoms with E-state index in [2.05, 4.69) is 15.3 Å². The van der Waals surface area contributed by atoms with E-state index in [1.807, 2.05) is 41.1 Å². The van der Waals surface area contributed by atoms with Crippen molar-refractivity contribution in [2.45, 2.75) is 19.4 Å². The van der Waals surface area contributed by atoms with Crippen LogP contribution >= 0.6 is 22.9 Å². The van der Waals surface area contributed by atoms with Gasteiger partial charge in [0.25, 0.3) is 0 Å². The molecule has 0 bridgehead atoms. The lowest BCUT2D eigenvalue weighted by Gasteiger charge is -2.08. The van der Waals surface area contributed by atoms with E-state index in [9.17, 15) is 4.79 Å². The van der Waals surface area contributed by atoms with Crippen LogP contribution in [0, 0.1) is 0 Å². The molecule has 0 aliphatic carbocycles. The molecule has 0 spiro atoms. The first kappa shape index (κ1) is 16.6. The first-order chi connectivity index (χ1) is 11.7. The molecule has 0 aliphatic heterocycles. The van der Waals surface area contributed by atoms with Crippen LogP contribution < -0.4 is 5.32 Å². The number of nitrogens with zero attached hydrogens (tertiary/aromatic N) is 2. The Labute approximate surface area is 149 Å². The monoisotopic (exact) mass is 357 g/mol. The first-order valence-electron chi connectivity index (χ1n) is 7.56. The minimum Gasteiger partial charge on any atom is -0.350 e. The van der Waals surface area contributed by atoms with Crippen LogP contribution in [-0.4, -0.2) is 15.9 Å². The van der Waals surface area contributed by atoms with E-state index < -0.39 is 0 Å². The number of aryl methyl sites for hydroxylation is 1. The number of aromatic nitrogens is 2. The summed E-state index contributed by atoms with van der Waals surface area (Å²) < 4.78 is 0. The van der Waals surface area contributed by atoms with Crippen LogP contribution in [0.3, 0.4) is 0 Å². The largest absolute Gasteiger partial charge is 0.350 e. The lowest BCUT2D eigenvalue weighted by Crippen LogP contribution is -2.24. The highest BCUT2D eigenvalue weighted by molar-refractivity contribution is 7.08. The van der Waals surface area contributed by atoms with Crippen LogP contribution in [-0.2, 0) is 17.8 Å². The van der Waals surface area contributed by atoms with E-state index in [-0.39, 0.29) is 5.91 Å². The number of carbonyl (C=O) groups is 1. The van der Waals surface area contributed by atoms with E-state index in [0.29, 0.717) is 24.4 Å². The predicted octanol–water partition coefficient (Wildman–Crippen LogP) is 4.11. The molecule has 0 saturated heterocycles. The van der Waals surface area contributed by atoms with Crippen LogP contribution in [0.25, 0.3) is 11.3 Å². The zero-order valence-electron chi connectivity index (χ0n) is 12.9. The van der Waals surface area contributed by atoms with Crippen LogP contribution in [0.4, 0.5) is 0 Å². The highest BCUT2D eigenvalue weighted by Crippen LogP contribution is 2.22. The topological polar surface area (TPSA) is 54.9 Å². The van der Waals surface area contributed by atoms with Crippen molar-refractivity contribution in [2.75, 3.05) is 0 Å². The van der Waals surface area contributed by atoms with Crippen LogP contribution in [0.15, 0.2) is 53.5 Å². The molecule has 0 fully saturated rings. The zero-order chi connectivity index (χ0) is 16.8. The maximum Gasteiger partial charge on any atom is 0.220 e. The molecular weight excluding hydrogens is 342 g/mol. The number of benzene rings is 1. The minimum atomic E-state index is -0.0168. The van der Waals surface area contributed by atoms with Crippen molar-refractivity contribution < 1.29 is 4.79 Å². The Morgan fingerprint density at radius 1 is 1.21 bits per heavy atom. The Bertz CT molecular complexity index is 821. The lowest BCUT2D eigenvalue weighted by molar-refractivity contribution is -0.121. The Kier molecular flexibility index (Phi) is 5.56. The van der Waals surface area contributed by atoms with Gasteiger partial charge < -0.3 is 5.32 Å². The molecule has 0 atom stereocenters. The van der Waals surface area contributed by atoms with Gasteiger partial charge in [0.2, 0.25) is 5.91 Å². The minimum absolute atomic E-state index is 0.0168. The predicted molar refractivity (Wildman–Crippen MR) is 97.0 cm³/mol. The maximum absolute atomic E-state index is 12.1. The average Bonchev–Trinajstić information content (AvgIpc) is 3.13. The van der Waals surface area contributed by atoms with Crippen molar-refractivity contribution in [1.82, 2.24) is 15.3 Å². The molecular formula is C18H16ClN3OS. The van der Waals surface area contributed by atoms with Gasteiger partial charge in [-0.25, -0.2) is 0 Å². The van der Waals surface area contributed by atoms with Gasteiger partial charge in [-0.1, -0.05) is 23.7 Å². The van der Waals surface area contributed by atoms with Gasteiger partial charge in [-0.05, 0) is 35.6 Å². The summed E-state index contributed by atoms with van der Waals surface area (Å²) >= 11 is 7.56. The van der Waals surface area contributed by atoms with Crippen molar-refractivity contribution in [3.63, 3.8) is 0 Å². The number of nitrogens with one attached hydrogen (secondary N) is 1. The van der Waals surface area contributed by atoms with E-state index in [0.717, 1.165) is 22.5 Å². The fraction of sp³-hybridized carbons (Fsp3) is 0.167. The van der Waals surface area contributed by atoms with E-state index in [4.69, 9.17) is 11.6 Å². The van der Waals surface area contributed by atoms with Gasteiger partial charge in [-0.15, -0.1) is 0 Å². The highest BCUT2D eigenvalue weighted by Gasteiger charge is 2.10. The summed E-state index contributed by atoms with van der Waals surface area (Å²) in [5.74, 6) is -0.0168. The third-order valence-corrected chi connectivity index (χ3v) is 4.47. The highest BCUT2D eigenvalue weighted by atomic mass is 35.5. The van der Waals surface area contributed by atoms with Crippen molar-refractivity contribution in [3.8, 4) is 11.3 Å². The number of hydrogen-bond acceptors (Lipinski definition) is 4. The summed E-state index contributed by atoms with van der Waals surface area (Å²) in [5, 5.41) is 7.62. The molecule has 0 unspecified atom stereocenters. The summed E-state index contributed by atoms with van der Waals surface area (Å²) in [5.41, 5.74) is 3.66. The molecule has 0 radical (unpaired) electrons. The number of hydrogen-bond donors (Lipinski definition) is 1. The molecule has 1 aromatic carbocycles. The van der Waals surface area contributed by atoms with Gasteiger partial charge in [-0.2, -0.15) is 11.3 Å². The van der Waals surface area contributed by atoms with Crippen LogP contribution in [0.2, 0.25) is 5.02 Å². The van der Waals surface area contributed by atoms with Crippen molar-refractivity contribution in [1.29, 1.82) is 0 Å². The molecule has 3 rings (SSSR count). The smallest absolute Gasteiger partial charge is 0.220 e. The molecule has 24 heavy (non-hydrogen) atoms. The first-order valence-corrected chi connectivity index (χ1v) is 8.88. The SMILES string of the molecule is O=C(CCc1cccc(Cl)c1)NCc1nccnc1-c1ccsc1. The van der Waals surface area contributed by atoms with E-state index in [1.54, 1.807) is 23.7 Å². The molecule has 1 amide bonds.